The van der Waals surface area contributed by atoms with E-state index in [9.17, 15) is 8.42 Å². The minimum Gasteiger partial charge on any atom is -0.316 e. The maximum atomic E-state index is 13.1. The van der Waals surface area contributed by atoms with Gasteiger partial charge in [-0.15, -0.1) is 23.7 Å². The number of nitrogens with one attached hydrogen (secondary N) is 1. The van der Waals surface area contributed by atoms with Crippen LogP contribution in [-0.2, 0) is 10.0 Å². The van der Waals surface area contributed by atoms with Crippen LogP contribution in [0.5, 0.6) is 0 Å². The quantitative estimate of drug-likeness (QED) is 0.852. The summed E-state index contributed by atoms with van der Waals surface area (Å²) < 4.78 is 28.8. The lowest BCUT2D eigenvalue weighted by molar-refractivity contribution is 0.346. The minimum atomic E-state index is -3.52. The molecule has 0 bridgehead atoms. The highest BCUT2D eigenvalue weighted by molar-refractivity contribution is 7.91. The Labute approximate surface area is 157 Å². The lowest BCUT2D eigenvalue weighted by Gasteiger charge is -2.27. The maximum absolute atomic E-state index is 13.1. The van der Waals surface area contributed by atoms with E-state index in [1.165, 1.54) is 0 Å². The van der Waals surface area contributed by atoms with Crippen LogP contribution in [0.4, 0.5) is 0 Å². The highest BCUT2D eigenvalue weighted by atomic mass is 35.5. The predicted molar refractivity (Wildman–Crippen MR) is 99.5 cm³/mol. The summed E-state index contributed by atoms with van der Waals surface area (Å²) in [6.07, 6.45) is 0. The first-order valence-electron chi connectivity index (χ1n) is 7.60. The van der Waals surface area contributed by atoms with Crippen LogP contribution in [-0.4, -0.2) is 32.4 Å². The molecular formula is C16H18Cl2N2O2S2. The van der Waals surface area contributed by atoms with Gasteiger partial charge in [0.05, 0.1) is 10.4 Å². The summed E-state index contributed by atoms with van der Waals surface area (Å²) in [7, 11) is -3.52. The number of hydrogen-bond acceptors (Lipinski definition) is 4. The van der Waals surface area contributed by atoms with Gasteiger partial charge in [0.1, 0.15) is 4.21 Å². The normalized spacial score (nSPS) is 27.0. The van der Waals surface area contributed by atoms with Crippen molar-refractivity contribution in [1.29, 1.82) is 0 Å². The van der Waals surface area contributed by atoms with Gasteiger partial charge in [-0.2, -0.15) is 4.31 Å². The number of halogens is 2. The summed E-state index contributed by atoms with van der Waals surface area (Å²) in [6, 6.07) is 13.1. The Morgan fingerprint density at radius 3 is 2.54 bits per heavy atom. The van der Waals surface area contributed by atoms with E-state index in [0.29, 0.717) is 26.9 Å². The van der Waals surface area contributed by atoms with Crippen LogP contribution in [0.1, 0.15) is 11.6 Å². The van der Waals surface area contributed by atoms with Gasteiger partial charge in [0, 0.05) is 13.1 Å². The molecule has 2 aliphatic rings. The lowest BCUT2D eigenvalue weighted by atomic mass is 9.90. The highest BCUT2D eigenvalue weighted by Gasteiger charge is 2.49. The van der Waals surface area contributed by atoms with Crippen molar-refractivity contribution in [3.8, 4) is 0 Å². The van der Waals surface area contributed by atoms with Gasteiger partial charge in [0.2, 0.25) is 0 Å². The molecule has 0 amide bonds. The molecule has 130 valence electrons. The molecule has 4 nitrogen and oxygen atoms in total. The number of hydrogen-bond donors (Lipinski definition) is 1. The average Bonchev–Trinajstić information content (AvgIpc) is 3.22. The van der Waals surface area contributed by atoms with E-state index in [1.807, 2.05) is 30.3 Å². The Morgan fingerprint density at radius 2 is 1.88 bits per heavy atom. The zero-order chi connectivity index (χ0) is 16.0. The van der Waals surface area contributed by atoms with Crippen LogP contribution in [0.2, 0.25) is 4.34 Å². The molecule has 1 N–H and O–H groups in total. The number of sulfonamides is 1. The van der Waals surface area contributed by atoms with Gasteiger partial charge in [0.15, 0.2) is 0 Å². The molecule has 2 aromatic rings. The van der Waals surface area contributed by atoms with Gasteiger partial charge in [-0.3, -0.25) is 0 Å². The molecule has 2 fully saturated rings. The van der Waals surface area contributed by atoms with Crippen molar-refractivity contribution in [2.24, 2.45) is 11.8 Å². The Morgan fingerprint density at radius 1 is 1.12 bits per heavy atom. The number of thiophene rings is 1. The third-order valence-corrected chi connectivity index (χ3v) is 8.32. The van der Waals surface area contributed by atoms with Gasteiger partial charge in [-0.05, 0) is 36.1 Å². The molecule has 8 heteroatoms. The summed E-state index contributed by atoms with van der Waals surface area (Å²) in [4.78, 5) is 0. The first kappa shape index (κ1) is 18.2. The van der Waals surface area contributed by atoms with Crippen LogP contribution in [0.15, 0.2) is 46.7 Å². The Hall–Kier alpha value is -0.630. The van der Waals surface area contributed by atoms with Crippen LogP contribution < -0.4 is 5.32 Å². The van der Waals surface area contributed by atoms with Gasteiger partial charge in [-0.25, -0.2) is 8.42 Å². The lowest BCUT2D eigenvalue weighted by Crippen LogP contribution is -2.34. The monoisotopic (exact) mass is 404 g/mol. The standard InChI is InChI=1S/C16H17ClN2O2S2.ClH/c17-14-6-7-15(22-14)23(20,21)19-10-12-8-18-9-13(12)16(19)11-4-2-1-3-5-11;/h1-7,12-13,16,18H,8-10H2;1H/t12-,13-,16+;/m0./s1. The average molecular weight is 405 g/mol. The highest BCUT2D eigenvalue weighted by Crippen LogP contribution is 2.46. The molecule has 3 atom stereocenters. The molecule has 2 saturated heterocycles. The summed E-state index contributed by atoms with van der Waals surface area (Å²) in [5.41, 5.74) is 1.06. The van der Waals surface area contributed by atoms with Crippen molar-refractivity contribution >= 4 is 45.4 Å². The Balaban J connectivity index is 0.00000169. The molecule has 0 spiro atoms. The van der Waals surface area contributed by atoms with E-state index >= 15 is 0 Å². The molecule has 3 heterocycles. The van der Waals surface area contributed by atoms with Gasteiger partial charge in [0.25, 0.3) is 10.0 Å². The molecular weight excluding hydrogens is 387 g/mol. The van der Waals surface area contributed by atoms with Crippen molar-refractivity contribution in [1.82, 2.24) is 9.62 Å². The van der Waals surface area contributed by atoms with Crippen molar-refractivity contribution in [2.75, 3.05) is 19.6 Å². The third kappa shape index (κ3) is 3.00. The molecule has 0 radical (unpaired) electrons. The first-order valence-corrected chi connectivity index (χ1v) is 10.2. The molecule has 0 unspecified atom stereocenters. The van der Waals surface area contributed by atoms with E-state index in [4.69, 9.17) is 11.6 Å². The zero-order valence-electron chi connectivity index (χ0n) is 12.8. The molecule has 24 heavy (non-hydrogen) atoms. The maximum Gasteiger partial charge on any atom is 0.253 e. The fraction of sp³-hybridized carbons (Fsp3) is 0.375. The summed E-state index contributed by atoms with van der Waals surface area (Å²) in [5.74, 6) is 0.688. The fourth-order valence-electron chi connectivity index (χ4n) is 3.74. The van der Waals surface area contributed by atoms with E-state index in [-0.39, 0.29) is 18.4 Å². The van der Waals surface area contributed by atoms with Crippen molar-refractivity contribution < 1.29 is 8.42 Å². The fourth-order valence-corrected chi connectivity index (χ4v) is 7.07. The number of rotatable bonds is 3. The smallest absolute Gasteiger partial charge is 0.253 e. The van der Waals surface area contributed by atoms with Gasteiger partial charge >= 0.3 is 0 Å². The number of nitrogens with zero attached hydrogens (tertiary/aromatic N) is 1. The molecule has 1 aromatic heterocycles. The van der Waals surface area contributed by atoms with Gasteiger partial charge < -0.3 is 5.32 Å². The number of benzene rings is 1. The van der Waals surface area contributed by atoms with E-state index < -0.39 is 10.0 Å². The van der Waals surface area contributed by atoms with Gasteiger partial charge in [-0.1, -0.05) is 41.9 Å². The largest absolute Gasteiger partial charge is 0.316 e. The minimum absolute atomic E-state index is 0. The summed E-state index contributed by atoms with van der Waals surface area (Å²) in [5, 5.41) is 3.40. The molecule has 4 rings (SSSR count). The molecule has 0 saturated carbocycles. The van der Waals surface area contributed by atoms with Crippen molar-refractivity contribution in [3.05, 3.63) is 52.4 Å². The second-order valence-electron chi connectivity index (χ2n) is 6.07. The Kier molecular flexibility index (Phi) is 5.25. The predicted octanol–water partition coefficient (Wildman–Crippen LogP) is 3.40. The van der Waals surface area contributed by atoms with Crippen molar-refractivity contribution in [3.63, 3.8) is 0 Å². The van der Waals surface area contributed by atoms with Crippen molar-refractivity contribution in [2.45, 2.75) is 10.3 Å². The van der Waals surface area contributed by atoms with E-state index in [0.717, 1.165) is 30.0 Å². The summed E-state index contributed by atoms with van der Waals surface area (Å²) in [6.45, 7) is 2.31. The number of fused-ring (bicyclic) bond motifs is 1. The van der Waals surface area contributed by atoms with Crippen LogP contribution in [0, 0.1) is 11.8 Å². The summed E-state index contributed by atoms with van der Waals surface area (Å²) >= 11 is 7.07. The van der Waals surface area contributed by atoms with Crippen LogP contribution >= 0.6 is 35.3 Å². The third-order valence-electron chi connectivity index (χ3n) is 4.77. The van der Waals surface area contributed by atoms with Crippen LogP contribution in [0.25, 0.3) is 0 Å². The zero-order valence-corrected chi connectivity index (χ0v) is 16.0. The first-order chi connectivity index (χ1) is 11.1. The molecule has 1 aromatic carbocycles. The van der Waals surface area contributed by atoms with E-state index in [1.54, 1.807) is 16.4 Å². The molecule has 2 aliphatic heterocycles. The second kappa shape index (κ2) is 6.94. The second-order valence-corrected chi connectivity index (χ2v) is 9.90. The SMILES string of the molecule is Cl.O=S(=O)(c1ccc(Cl)s1)N1C[C@@H]2CNC[C@@H]2[C@H]1c1ccccc1. The Bertz CT molecular complexity index is 810. The topological polar surface area (TPSA) is 49.4 Å². The van der Waals surface area contributed by atoms with E-state index in [2.05, 4.69) is 5.32 Å². The molecule has 0 aliphatic carbocycles. The van der Waals surface area contributed by atoms with Crippen LogP contribution in [0.3, 0.4) is 0 Å².